The van der Waals surface area contributed by atoms with Crippen LogP contribution in [0.15, 0.2) is 30.5 Å². The van der Waals surface area contributed by atoms with Gasteiger partial charge in [0.05, 0.1) is 0 Å². The number of aromatic amines is 1. The Balaban J connectivity index is 1.60. The molecule has 1 aromatic heterocycles. The van der Waals surface area contributed by atoms with Crippen LogP contribution in [0.2, 0.25) is 0 Å². The number of fused-ring (bicyclic) bond motifs is 1. The highest BCUT2D eigenvalue weighted by Crippen LogP contribution is 2.15. The molecule has 0 atom stereocenters. The highest BCUT2D eigenvalue weighted by Gasteiger charge is 2.15. The van der Waals surface area contributed by atoms with E-state index in [9.17, 15) is 4.79 Å². The number of hydrogen-bond acceptors (Lipinski definition) is 3. The van der Waals surface area contributed by atoms with Gasteiger partial charge >= 0.3 is 0 Å². The Bertz CT molecular complexity index is 616. The van der Waals surface area contributed by atoms with Crippen molar-refractivity contribution in [3.8, 4) is 0 Å². The van der Waals surface area contributed by atoms with Gasteiger partial charge in [0.1, 0.15) is 0 Å². The number of H-pyrrole nitrogens is 1. The summed E-state index contributed by atoms with van der Waals surface area (Å²) in [6, 6.07) is 7.83. The summed E-state index contributed by atoms with van der Waals surface area (Å²) in [6.45, 7) is 5.92. The van der Waals surface area contributed by atoms with Crippen molar-refractivity contribution in [3.05, 3.63) is 36.0 Å². The van der Waals surface area contributed by atoms with Gasteiger partial charge in [0.2, 0.25) is 0 Å². The molecule has 2 heterocycles. The molecule has 1 aliphatic rings. The first-order valence-electron chi connectivity index (χ1n) is 7.50. The monoisotopic (exact) mass is 286 g/mol. The first kappa shape index (κ1) is 14.1. The van der Waals surface area contributed by atoms with Gasteiger partial charge < -0.3 is 15.2 Å². The molecule has 2 N–H and O–H groups in total. The molecule has 0 bridgehead atoms. The summed E-state index contributed by atoms with van der Waals surface area (Å²) in [5, 5.41) is 4.47. The third kappa shape index (κ3) is 3.25. The van der Waals surface area contributed by atoms with Crippen LogP contribution in [-0.2, 0) is 0 Å². The Morgan fingerprint density at radius 1 is 1.29 bits per heavy atom. The third-order valence-electron chi connectivity index (χ3n) is 4.11. The summed E-state index contributed by atoms with van der Waals surface area (Å²) in [7, 11) is 1.88. The van der Waals surface area contributed by atoms with Crippen molar-refractivity contribution in [2.45, 2.75) is 0 Å². The van der Waals surface area contributed by atoms with Gasteiger partial charge in [-0.25, -0.2) is 0 Å². The van der Waals surface area contributed by atoms with E-state index < -0.39 is 0 Å². The van der Waals surface area contributed by atoms with E-state index in [1.165, 1.54) is 0 Å². The zero-order valence-corrected chi connectivity index (χ0v) is 12.4. The second kappa shape index (κ2) is 6.28. The summed E-state index contributed by atoms with van der Waals surface area (Å²) in [6.07, 6.45) is 1.90. The fraction of sp³-hybridized carbons (Fsp3) is 0.438. The molecule has 2 aromatic rings. The highest BCUT2D eigenvalue weighted by atomic mass is 16.2. The van der Waals surface area contributed by atoms with Crippen LogP contribution in [0.5, 0.6) is 0 Å². The topological polar surface area (TPSA) is 51.4 Å². The molecule has 21 heavy (non-hydrogen) atoms. The van der Waals surface area contributed by atoms with Gasteiger partial charge in [-0.1, -0.05) is 6.07 Å². The average Bonchev–Trinajstić information content (AvgIpc) is 3.00. The maximum atomic E-state index is 12.5. The minimum Gasteiger partial charge on any atom is -0.361 e. The largest absolute Gasteiger partial charge is 0.361 e. The Morgan fingerprint density at radius 3 is 2.90 bits per heavy atom. The number of nitrogens with one attached hydrogen (secondary N) is 2. The second-order valence-corrected chi connectivity index (χ2v) is 5.60. The molecule has 112 valence electrons. The SMILES string of the molecule is CN(CCN1CCNCC1)C(=O)c1ccc2cc[nH]c2c1. The lowest BCUT2D eigenvalue weighted by atomic mass is 10.1. The van der Waals surface area contributed by atoms with Gasteiger partial charge in [0.15, 0.2) is 0 Å². The molecule has 5 nitrogen and oxygen atoms in total. The highest BCUT2D eigenvalue weighted by molar-refractivity contribution is 5.97. The smallest absolute Gasteiger partial charge is 0.253 e. The molecule has 0 aliphatic carbocycles. The van der Waals surface area contributed by atoms with E-state index in [0.29, 0.717) is 0 Å². The van der Waals surface area contributed by atoms with Crippen LogP contribution < -0.4 is 5.32 Å². The van der Waals surface area contributed by atoms with E-state index in [-0.39, 0.29) is 5.91 Å². The molecular weight excluding hydrogens is 264 g/mol. The molecule has 1 aliphatic heterocycles. The zero-order valence-electron chi connectivity index (χ0n) is 12.4. The molecule has 5 heteroatoms. The number of aromatic nitrogens is 1. The van der Waals surface area contributed by atoms with Crippen LogP contribution in [0.4, 0.5) is 0 Å². The third-order valence-corrected chi connectivity index (χ3v) is 4.11. The van der Waals surface area contributed by atoms with E-state index in [1.807, 2.05) is 42.4 Å². The number of rotatable bonds is 4. The van der Waals surface area contributed by atoms with Crippen molar-refractivity contribution in [3.63, 3.8) is 0 Å². The molecule has 0 unspecified atom stereocenters. The first-order valence-corrected chi connectivity index (χ1v) is 7.50. The average molecular weight is 286 g/mol. The fourth-order valence-electron chi connectivity index (χ4n) is 2.73. The summed E-state index contributed by atoms with van der Waals surface area (Å²) in [5.41, 5.74) is 1.75. The van der Waals surface area contributed by atoms with Crippen LogP contribution in [0.1, 0.15) is 10.4 Å². The van der Waals surface area contributed by atoms with E-state index in [0.717, 1.165) is 55.7 Å². The normalized spacial score (nSPS) is 16.2. The molecule has 1 aromatic carbocycles. The summed E-state index contributed by atoms with van der Waals surface area (Å²) >= 11 is 0. The predicted octanol–water partition coefficient (Wildman–Crippen LogP) is 1.15. The van der Waals surface area contributed by atoms with Crippen molar-refractivity contribution in [2.75, 3.05) is 46.3 Å². The molecule has 0 radical (unpaired) electrons. The maximum absolute atomic E-state index is 12.5. The minimum atomic E-state index is 0.0848. The van der Waals surface area contributed by atoms with Crippen LogP contribution in [0.3, 0.4) is 0 Å². The Kier molecular flexibility index (Phi) is 4.22. The van der Waals surface area contributed by atoms with Crippen LogP contribution in [-0.4, -0.2) is 67.0 Å². The number of amides is 1. The zero-order chi connectivity index (χ0) is 14.7. The molecular formula is C16H22N4O. The summed E-state index contributed by atoms with van der Waals surface area (Å²) in [4.78, 5) is 19.8. The number of likely N-dealkylation sites (N-methyl/N-ethyl adjacent to an activating group) is 1. The number of benzene rings is 1. The molecule has 0 saturated carbocycles. The molecule has 1 fully saturated rings. The van der Waals surface area contributed by atoms with E-state index in [1.54, 1.807) is 0 Å². The van der Waals surface area contributed by atoms with E-state index >= 15 is 0 Å². The lowest BCUT2D eigenvalue weighted by Crippen LogP contribution is -2.46. The molecule has 0 spiro atoms. The van der Waals surface area contributed by atoms with E-state index in [2.05, 4.69) is 15.2 Å². The Morgan fingerprint density at radius 2 is 2.10 bits per heavy atom. The lowest BCUT2D eigenvalue weighted by molar-refractivity contribution is 0.0775. The summed E-state index contributed by atoms with van der Waals surface area (Å²) in [5.74, 6) is 0.0848. The van der Waals surface area contributed by atoms with Gasteiger partial charge in [-0.2, -0.15) is 0 Å². The molecule has 3 rings (SSSR count). The van der Waals surface area contributed by atoms with Crippen molar-refractivity contribution >= 4 is 16.8 Å². The summed E-state index contributed by atoms with van der Waals surface area (Å²) < 4.78 is 0. The maximum Gasteiger partial charge on any atom is 0.253 e. The van der Waals surface area contributed by atoms with Crippen LogP contribution >= 0.6 is 0 Å². The quantitative estimate of drug-likeness (QED) is 0.886. The fourth-order valence-corrected chi connectivity index (χ4v) is 2.73. The van der Waals surface area contributed by atoms with E-state index in [4.69, 9.17) is 0 Å². The van der Waals surface area contributed by atoms with Crippen LogP contribution in [0, 0.1) is 0 Å². The van der Waals surface area contributed by atoms with Gasteiger partial charge in [-0.3, -0.25) is 9.69 Å². The number of hydrogen-bond donors (Lipinski definition) is 2. The van der Waals surface area contributed by atoms with Crippen molar-refractivity contribution in [1.82, 2.24) is 20.1 Å². The predicted molar refractivity (Wildman–Crippen MR) is 84.6 cm³/mol. The van der Waals surface area contributed by atoms with Gasteiger partial charge in [0, 0.05) is 63.6 Å². The Hall–Kier alpha value is -1.85. The van der Waals surface area contributed by atoms with Gasteiger partial charge in [-0.05, 0) is 23.6 Å². The van der Waals surface area contributed by atoms with Gasteiger partial charge in [-0.15, -0.1) is 0 Å². The van der Waals surface area contributed by atoms with Crippen molar-refractivity contribution < 1.29 is 4.79 Å². The lowest BCUT2D eigenvalue weighted by Gasteiger charge is -2.29. The molecule has 1 amide bonds. The number of carbonyl (C=O) groups excluding carboxylic acids is 1. The number of piperazine rings is 1. The second-order valence-electron chi connectivity index (χ2n) is 5.60. The standard InChI is InChI=1S/C16H22N4O/c1-19(10-11-20-8-6-17-7-9-20)16(21)14-3-2-13-4-5-18-15(13)12-14/h2-5,12,17-18H,6-11H2,1H3. The van der Waals surface area contributed by atoms with Crippen molar-refractivity contribution in [1.29, 1.82) is 0 Å². The minimum absolute atomic E-state index is 0.0848. The van der Waals surface area contributed by atoms with Crippen molar-refractivity contribution in [2.24, 2.45) is 0 Å². The number of carbonyl (C=O) groups is 1. The Labute approximate surface area is 124 Å². The first-order chi connectivity index (χ1) is 10.2. The van der Waals surface area contributed by atoms with Crippen LogP contribution in [0.25, 0.3) is 10.9 Å². The molecule has 1 saturated heterocycles. The van der Waals surface area contributed by atoms with Gasteiger partial charge in [0.25, 0.3) is 5.91 Å². The number of nitrogens with zero attached hydrogens (tertiary/aromatic N) is 2.